The summed E-state index contributed by atoms with van der Waals surface area (Å²) >= 11 is 0. The molecule has 3 aromatic rings. The van der Waals surface area contributed by atoms with Gasteiger partial charge in [0.15, 0.2) is 5.78 Å². The van der Waals surface area contributed by atoms with Gasteiger partial charge in [0.2, 0.25) is 5.78 Å². The Kier molecular flexibility index (Phi) is 5.22. The molecule has 3 N–H and O–H groups in total. The van der Waals surface area contributed by atoms with Gasteiger partial charge in [0.25, 0.3) is 0 Å². The summed E-state index contributed by atoms with van der Waals surface area (Å²) in [5, 5.41) is 33.5. The first-order valence-electron chi connectivity index (χ1n) is 12.2. The highest BCUT2D eigenvalue weighted by Crippen LogP contribution is 2.57. The summed E-state index contributed by atoms with van der Waals surface area (Å²) in [6, 6.07) is 5.70. The molecule has 198 valence electrons. The van der Waals surface area contributed by atoms with Crippen molar-refractivity contribution >= 4 is 23.5 Å². The van der Waals surface area contributed by atoms with Gasteiger partial charge in [-0.2, -0.15) is 0 Å². The SMILES string of the molecule is COc1c2c(c(O)c3c1[C@H](OC(C)=O)Cc1cc4c(c(O)c1-3)C(=O)O[C@@H](C)C4)C(=O)c1cccc(O)c1C2=O. The lowest BCUT2D eigenvalue weighted by atomic mass is 9.74. The molecule has 0 unspecified atom stereocenters. The van der Waals surface area contributed by atoms with Gasteiger partial charge in [-0.1, -0.05) is 18.2 Å². The molecule has 2 aliphatic carbocycles. The number of hydrogen-bond acceptors (Lipinski definition) is 10. The van der Waals surface area contributed by atoms with Crippen molar-refractivity contribution in [2.45, 2.75) is 38.9 Å². The number of ketones is 2. The minimum Gasteiger partial charge on any atom is -0.507 e. The molecule has 6 rings (SSSR count). The van der Waals surface area contributed by atoms with Gasteiger partial charge in [0.1, 0.15) is 40.8 Å². The fourth-order valence-corrected chi connectivity index (χ4v) is 5.98. The van der Waals surface area contributed by atoms with Crippen LogP contribution in [-0.2, 0) is 27.1 Å². The van der Waals surface area contributed by atoms with Crippen molar-refractivity contribution in [3.05, 3.63) is 68.8 Å². The molecule has 0 radical (unpaired) electrons. The largest absolute Gasteiger partial charge is 0.507 e. The highest BCUT2D eigenvalue weighted by atomic mass is 16.5. The molecule has 1 heterocycles. The lowest BCUT2D eigenvalue weighted by molar-refractivity contribution is -0.146. The van der Waals surface area contributed by atoms with Gasteiger partial charge in [-0.25, -0.2) is 4.79 Å². The molecular formula is C29H22O10. The predicted octanol–water partition coefficient (Wildman–Crippen LogP) is 3.52. The number of carbonyl (C=O) groups is 4. The van der Waals surface area contributed by atoms with Crippen LogP contribution in [0.15, 0.2) is 24.3 Å². The first-order valence-corrected chi connectivity index (χ1v) is 12.2. The summed E-state index contributed by atoms with van der Waals surface area (Å²) in [4.78, 5) is 52.2. The number of hydrogen-bond donors (Lipinski definition) is 3. The van der Waals surface area contributed by atoms with Crippen LogP contribution in [-0.4, -0.2) is 52.0 Å². The Balaban J connectivity index is 1.74. The maximum absolute atomic E-state index is 13.7. The Hall–Kier alpha value is -4.86. The van der Waals surface area contributed by atoms with E-state index in [0.29, 0.717) is 17.5 Å². The maximum Gasteiger partial charge on any atom is 0.342 e. The molecule has 0 bridgehead atoms. The predicted molar refractivity (Wildman–Crippen MR) is 134 cm³/mol. The second-order valence-electron chi connectivity index (χ2n) is 9.79. The fourth-order valence-electron chi connectivity index (χ4n) is 5.98. The van der Waals surface area contributed by atoms with E-state index >= 15 is 0 Å². The smallest absolute Gasteiger partial charge is 0.342 e. The zero-order chi connectivity index (χ0) is 27.9. The van der Waals surface area contributed by atoms with Gasteiger partial charge < -0.3 is 29.5 Å². The van der Waals surface area contributed by atoms with Crippen LogP contribution in [0.1, 0.15) is 78.8 Å². The molecule has 1 aliphatic heterocycles. The highest BCUT2D eigenvalue weighted by molar-refractivity contribution is 6.32. The third kappa shape index (κ3) is 3.27. The first-order chi connectivity index (χ1) is 18.5. The summed E-state index contributed by atoms with van der Waals surface area (Å²) in [5.41, 5.74) is -0.172. The third-order valence-electron chi connectivity index (χ3n) is 7.41. The number of esters is 2. The number of ether oxygens (including phenoxy) is 3. The molecule has 3 aliphatic rings. The number of phenolic OH excluding ortho intramolecular Hbond substituents is 3. The number of phenols is 3. The van der Waals surface area contributed by atoms with Gasteiger partial charge in [-0.05, 0) is 24.1 Å². The number of methoxy groups -OCH3 is 1. The van der Waals surface area contributed by atoms with Gasteiger partial charge in [0, 0.05) is 42.0 Å². The van der Waals surface area contributed by atoms with Gasteiger partial charge in [-0.3, -0.25) is 14.4 Å². The van der Waals surface area contributed by atoms with Crippen molar-refractivity contribution in [3.63, 3.8) is 0 Å². The maximum atomic E-state index is 13.7. The molecule has 0 saturated heterocycles. The molecule has 39 heavy (non-hydrogen) atoms. The van der Waals surface area contributed by atoms with Crippen molar-refractivity contribution in [1.29, 1.82) is 0 Å². The number of aromatic hydroxyl groups is 3. The molecule has 10 nitrogen and oxygen atoms in total. The molecule has 2 atom stereocenters. The van der Waals surface area contributed by atoms with E-state index in [1.54, 1.807) is 13.0 Å². The average Bonchev–Trinajstić information content (AvgIpc) is 2.86. The molecule has 0 amide bonds. The fraction of sp³-hybridized carbons (Fsp3) is 0.241. The molecule has 0 fully saturated rings. The van der Waals surface area contributed by atoms with Gasteiger partial charge >= 0.3 is 11.9 Å². The second-order valence-corrected chi connectivity index (χ2v) is 9.79. The normalized spacial score (nSPS) is 18.7. The Labute approximate surface area is 221 Å². The number of carbonyl (C=O) groups excluding carboxylic acids is 4. The van der Waals surface area contributed by atoms with Gasteiger partial charge in [0.05, 0.1) is 23.8 Å². The van der Waals surface area contributed by atoms with Crippen LogP contribution < -0.4 is 4.74 Å². The third-order valence-corrected chi connectivity index (χ3v) is 7.41. The van der Waals surface area contributed by atoms with Crippen LogP contribution in [0.2, 0.25) is 0 Å². The second kappa shape index (κ2) is 8.32. The summed E-state index contributed by atoms with van der Waals surface area (Å²) in [5.74, 6) is -4.62. The quantitative estimate of drug-likeness (QED) is 0.328. The molecule has 3 aromatic carbocycles. The van der Waals surface area contributed by atoms with Crippen molar-refractivity contribution in [1.82, 2.24) is 0 Å². The van der Waals surface area contributed by atoms with E-state index in [0.717, 1.165) is 0 Å². The summed E-state index contributed by atoms with van der Waals surface area (Å²) in [6.07, 6.45) is -1.15. The van der Waals surface area contributed by atoms with Crippen LogP contribution >= 0.6 is 0 Å². The molecular weight excluding hydrogens is 508 g/mol. The van der Waals surface area contributed by atoms with Crippen molar-refractivity contribution in [3.8, 4) is 34.1 Å². The number of rotatable bonds is 2. The van der Waals surface area contributed by atoms with E-state index in [4.69, 9.17) is 14.2 Å². The van der Waals surface area contributed by atoms with Crippen LogP contribution in [0, 0.1) is 0 Å². The first kappa shape index (κ1) is 24.5. The average molecular weight is 530 g/mol. The minimum absolute atomic E-state index is 0.0186. The van der Waals surface area contributed by atoms with Crippen molar-refractivity contribution in [2.75, 3.05) is 7.11 Å². The molecule has 0 saturated carbocycles. The summed E-state index contributed by atoms with van der Waals surface area (Å²) in [6.45, 7) is 2.92. The lowest BCUT2D eigenvalue weighted by Crippen LogP contribution is -2.28. The zero-order valence-corrected chi connectivity index (χ0v) is 21.1. The Morgan fingerprint density at radius 1 is 0.897 bits per heavy atom. The number of fused-ring (bicyclic) bond motifs is 6. The van der Waals surface area contributed by atoms with Crippen LogP contribution in [0.5, 0.6) is 23.0 Å². The summed E-state index contributed by atoms with van der Waals surface area (Å²) in [7, 11) is 1.25. The lowest BCUT2D eigenvalue weighted by Gasteiger charge is -2.34. The van der Waals surface area contributed by atoms with Crippen LogP contribution in [0.4, 0.5) is 0 Å². The van der Waals surface area contributed by atoms with E-state index in [1.807, 2.05) is 0 Å². The number of benzene rings is 3. The van der Waals surface area contributed by atoms with Crippen molar-refractivity contribution < 1.29 is 48.7 Å². The standard InChI is InChI=1S/C29H22O10/c1-10-7-12-8-13-9-16(39-11(2)30)20-21(17(13)25(33)18(12)29(36)38-10)27(35)22-23(28(20)37-3)26(34)19-14(24(22)32)5-4-6-15(19)31/h4-6,8,10,16,31,33,35H,7,9H2,1-3H3/t10-,16+/m0/s1. The topological polar surface area (TPSA) is 157 Å². The number of cyclic esters (lactones) is 1. The molecule has 0 spiro atoms. The van der Waals surface area contributed by atoms with Crippen LogP contribution in [0.3, 0.4) is 0 Å². The summed E-state index contributed by atoms with van der Waals surface area (Å²) < 4.78 is 16.5. The van der Waals surface area contributed by atoms with Crippen LogP contribution in [0.25, 0.3) is 11.1 Å². The molecule has 10 heteroatoms. The van der Waals surface area contributed by atoms with E-state index < -0.39 is 58.5 Å². The Bertz CT molecular complexity index is 1680. The van der Waals surface area contributed by atoms with E-state index in [1.165, 1.54) is 32.2 Å². The highest BCUT2D eigenvalue weighted by Gasteiger charge is 2.45. The monoisotopic (exact) mass is 530 g/mol. The van der Waals surface area contributed by atoms with E-state index in [-0.39, 0.29) is 51.1 Å². The van der Waals surface area contributed by atoms with E-state index in [9.17, 15) is 34.5 Å². The molecule has 0 aromatic heterocycles. The Morgan fingerprint density at radius 2 is 1.59 bits per heavy atom. The Morgan fingerprint density at radius 3 is 2.28 bits per heavy atom. The zero-order valence-electron chi connectivity index (χ0n) is 21.1. The van der Waals surface area contributed by atoms with E-state index in [2.05, 4.69) is 0 Å². The van der Waals surface area contributed by atoms with Gasteiger partial charge in [-0.15, -0.1) is 0 Å². The van der Waals surface area contributed by atoms with Crippen molar-refractivity contribution in [2.24, 2.45) is 0 Å². The minimum atomic E-state index is -1.07.